The summed E-state index contributed by atoms with van der Waals surface area (Å²) in [6, 6.07) is 0. The lowest BCUT2D eigenvalue weighted by atomic mass is 10.8. The molecule has 0 saturated heterocycles. The van der Waals surface area contributed by atoms with E-state index in [0.717, 1.165) is 0 Å². The van der Waals surface area contributed by atoms with Crippen molar-refractivity contribution in [3.63, 3.8) is 0 Å². The van der Waals surface area contributed by atoms with E-state index in [1.807, 2.05) is 0 Å². The fourth-order valence-corrected chi connectivity index (χ4v) is 1.02. The SMILES string of the molecule is COCCOP(O)(=S)S. The molecule has 0 fully saturated rings. The number of hydrogen-bond donors (Lipinski definition) is 2. The predicted octanol–water partition coefficient (Wildman–Crippen LogP) is 0.796. The third kappa shape index (κ3) is 8.88. The van der Waals surface area contributed by atoms with E-state index in [9.17, 15) is 0 Å². The highest BCUT2D eigenvalue weighted by atomic mass is 32.9. The van der Waals surface area contributed by atoms with Crippen molar-refractivity contribution in [1.29, 1.82) is 0 Å². The molecular weight excluding hydrogens is 179 g/mol. The molecule has 0 heterocycles. The van der Waals surface area contributed by atoms with Gasteiger partial charge in [0.25, 0.3) is 0 Å². The molecule has 0 aromatic carbocycles. The van der Waals surface area contributed by atoms with Gasteiger partial charge in [0, 0.05) is 7.11 Å². The number of methoxy groups -OCH3 is 1. The first-order chi connectivity index (χ1) is 4.06. The van der Waals surface area contributed by atoms with E-state index in [0.29, 0.717) is 13.2 Å². The number of hydrogen-bond acceptors (Lipinski definition) is 3. The molecule has 1 unspecified atom stereocenters. The molecule has 0 aliphatic rings. The lowest BCUT2D eigenvalue weighted by molar-refractivity contribution is 0.149. The lowest BCUT2D eigenvalue weighted by Crippen LogP contribution is -1.97. The molecule has 0 aromatic heterocycles. The molecule has 3 nitrogen and oxygen atoms in total. The highest BCUT2D eigenvalue weighted by molar-refractivity contribution is 8.59. The summed E-state index contributed by atoms with van der Waals surface area (Å²) in [5, 5.41) is 0. The van der Waals surface area contributed by atoms with Gasteiger partial charge >= 0.3 is 0 Å². The van der Waals surface area contributed by atoms with E-state index in [-0.39, 0.29) is 0 Å². The van der Waals surface area contributed by atoms with E-state index >= 15 is 0 Å². The van der Waals surface area contributed by atoms with E-state index in [4.69, 9.17) is 9.42 Å². The minimum atomic E-state index is -2.75. The third-order valence-electron chi connectivity index (χ3n) is 0.547. The van der Waals surface area contributed by atoms with Gasteiger partial charge in [0.2, 0.25) is 5.69 Å². The van der Waals surface area contributed by atoms with E-state index in [2.05, 4.69) is 28.8 Å². The van der Waals surface area contributed by atoms with Crippen LogP contribution in [0.1, 0.15) is 0 Å². The van der Waals surface area contributed by atoms with Crippen molar-refractivity contribution in [1.82, 2.24) is 0 Å². The molecule has 0 amide bonds. The molecule has 0 radical (unpaired) electrons. The van der Waals surface area contributed by atoms with Crippen molar-refractivity contribution < 1.29 is 14.2 Å². The predicted molar refractivity (Wildman–Crippen MR) is 43.3 cm³/mol. The molecule has 0 bridgehead atoms. The molecule has 0 rings (SSSR count). The van der Waals surface area contributed by atoms with Crippen LogP contribution in [-0.4, -0.2) is 25.2 Å². The Balaban J connectivity index is 3.18. The van der Waals surface area contributed by atoms with E-state index in [1.165, 1.54) is 0 Å². The molecule has 56 valence electrons. The summed E-state index contributed by atoms with van der Waals surface area (Å²) in [5.74, 6) is 0. The van der Waals surface area contributed by atoms with E-state index < -0.39 is 5.69 Å². The summed E-state index contributed by atoms with van der Waals surface area (Å²) < 4.78 is 9.33. The van der Waals surface area contributed by atoms with Gasteiger partial charge in [0.05, 0.1) is 13.2 Å². The van der Waals surface area contributed by atoms with Gasteiger partial charge in [0.1, 0.15) is 0 Å². The first kappa shape index (κ1) is 9.88. The van der Waals surface area contributed by atoms with Crippen molar-refractivity contribution in [2.45, 2.75) is 0 Å². The van der Waals surface area contributed by atoms with Crippen LogP contribution in [0.15, 0.2) is 0 Å². The van der Waals surface area contributed by atoms with Crippen LogP contribution in [0.4, 0.5) is 0 Å². The number of rotatable bonds is 4. The Morgan fingerprint density at radius 2 is 2.22 bits per heavy atom. The summed E-state index contributed by atoms with van der Waals surface area (Å²) in [6.07, 6.45) is 0. The fourth-order valence-electron chi connectivity index (χ4n) is 0.240. The van der Waals surface area contributed by atoms with Crippen LogP contribution in [-0.2, 0) is 21.1 Å². The average molecular weight is 188 g/mol. The normalized spacial score (nSPS) is 17.2. The van der Waals surface area contributed by atoms with Gasteiger partial charge in [-0.2, -0.15) is 0 Å². The zero-order chi connectivity index (χ0) is 7.33. The zero-order valence-corrected chi connectivity index (χ0v) is 7.59. The van der Waals surface area contributed by atoms with Gasteiger partial charge in [-0.15, -0.1) is 0 Å². The molecule has 1 N–H and O–H groups in total. The molecule has 0 aromatic rings. The Kier molecular flexibility index (Phi) is 5.11. The van der Waals surface area contributed by atoms with Crippen molar-refractivity contribution in [2.24, 2.45) is 0 Å². The summed E-state index contributed by atoms with van der Waals surface area (Å²) >= 11 is 8.08. The van der Waals surface area contributed by atoms with Crippen molar-refractivity contribution in [3.05, 3.63) is 0 Å². The van der Waals surface area contributed by atoms with Crippen LogP contribution < -0.4 is 0 Å². The van der Waals surface area contributed by atoms with Crippen molar-refractivity contribution in [2.75, 3.05) is 20.3 Å². The lowest BCUT2D eigenvalue weighted by Gasteiger charge is -2.06. The Labute approximate surface area is 64.7 Å². The Hall–Kier alpha value is 0.880. The topological polar surface area (TPSA) is 38.7 Å². The van der Waals surface area contributed by atoms with Gasteiger partial charge in [-0.1, -0.05) is 12.2 Å². The van der Waals surface area contributed by atoms with Crippen LogP contribution >= 0.6 is 17.9 Å². The van der Waals surface area contributed by atoms with Gasteiger partial charge in [0.15, 0.2) is 0 Å². The minimum Gasteiger partial charge on any atom is -0.382 e. The summed E-state index contributed by atoms with van der Waals surface area (Å²) in [4.78, 5) is 8.76. The largest absolute Gasteiger partial charge is 0.382 e. The summed E-state index contributed by atoms with van der Waals surface area (Å²) in [6.45, 7) is 0.729. The molecule has 0 saturated carbocycles. The zero-order valence-electron chi connectivity index (χ0n) is 4.98. The second kappa shape index (κ2) is 4.66. The molecule has 0 aliphatic carbocycles. The van der Waals surface area contributed by atoms with Crippen LogP contribution in [0.5, 0.6) is 0 Å². The Morgan fingerprint density at radius 1 is 1.67 bits per heavy atom. The summed E-state index contributed by atoms with van der Waals surface area (Å²) in [7, 11) is 1.54. The smallest absolute Gasteiger partial charge is 0.241 e. The Bertz CT molecular complexity index is 112. The molecule has 1 atom stereocenters. The van der Waals surface area contributed by atoms with Gasteiger partial charge in [-0.25, -0.2) is 0 Å². The van der Waals surface area contributed by atoms with Gasteiger partial charge in [-0.05, 0) is 11.8 Å². The maximum atomic E-state index is 8.76. The summed E-state index contributed by atoms with van der Waals surface area (Å²) in [5.41, 5.74) is -2.75. The van der Waals surface area contributed by atoms with Crippen LogP contribution in [0.2, 0.25) is 0 Å². The van der Waals surface area contributed by atoms with Crippen molar-refractivity contribution in [3.8, 4) is 0 Å². The third-order valence-corrected chi connectivity index (χ3v) is 1.73. The maximum Gasteiger partial charge on any atom is 0.241 e. The fraction of sp³-hybridized carbons (Fsp3) is 1.00. The molecule has 6 heteroatoms. The standard InChI is InChI=1S/C3H9O3PS2/c1-5-2-3-6-7(4,8)9/h2-3H2,1H3,(H2,4,8,9). The second-order valence-corrected chi connectivity index (χ2v) is 6.48. The van der Waals surface area contributed by atoms with Gasteiger partial charge in [-0.3, -0.25) is 0 Å². The van der Waals surface area contributed by atoms with Crippen molar-refractivity contribution >= 4 is 29.7 Å². The molecule has 0 aliphatic heterocycles. The highest BCUT2D eigenvalue weighted by Gasteiger charge is 2.03. The number of ether oxygens (including phenoxy) is 1. The minimum absolute atomic E-state index is 0.299. The van der Waals surface area contributed by atoms with Gasteiger partial charge < -0.3 is 14.2 Å². The quantitative estimate of drug-likeness (QED) is 0.389. The number of thiol groups is 1. The maximum absolute atomic E-state index is 8.76. The monoisotopic (exact) mass is 188 g/mol. The van der Waals surface area contributed by atoms with Crippen LogP contribution in [0, 0.1) is 0 Å². The average Bonchev–Trinajstić information content (AvgIpc) is 1.63. The highest BCUT2D eigenvalue weighted by Crippen LogP contribution is 2.46. The Morgan fingerprint density at radius 3 is 2.56 bits per heavy atom. The first-order valence-corrected chi connectivity index (χ1v) is 6.08. The van der Waals surface area contributed by atoms with Crippen LogP contribution in [0.3, 0.4) is 0 Å². The first-order valence-electron chi connectivity index (χ1n) is 2.25. The molecular formula is C3H9O3PS2. The molecule has 0 spiro atoms. The second-order valence-electron chi connectivity index (χ2n) is 1.32. The van der Waals surface area contributed by atoms with Crippen LogP contribution in [0.25, 0.3) is 0 Å². The van der Waals surface area contributed by atoms with E-state index in [1.54, 1.807) is 7.11 Å². The molecule has 9 heavy (non-hydrogen) atoms.